The molecular weight excluding hydrogens is 1710 g/mol. The maximum absolute atomic E-state index is 14.6. The second-order valence-corrected chi connectivity index (χ2v) is 24.0. The monoisotopic (exact) mass is 1720 g/mol. The van der Waals surface area contributed by atoms with E-state index in [1.165, 1.54) is 0 Å². The Morgan fingerprint density at radius 2 is 0.363 bits per heavy atom. The molecule has 0 amide bonds. The van der Waals surface area contributed by atoms with Crippen molar-refractivity contribution in [3.63, 3.8) is 0 Å². The largest absolute Gasteiger partial charge is 0.472 e. The van der Waals surface area contributed by atoms with E-state index in [0.29, 0.717) is 0 Å². The molecule has 0 unspecified atom stereocenters. The molecule has 1 fully saturated rings. The first-order chi connectivity index (χ1) is 43.3. The molecule has 65 heteroatoms. The molecule has 1 aliphatic heterocycles. The van der Waals surface area contributed by atoms with Crippen LogP contribution in [-0.4, -0.2) is 207 Å². The van der Waals surface area contributed by atoms with Crippen LogP contribution in [-0.2, 0) is 13.6 Å². The Bertz CT molecular complexity index is 2800. The van der Waals surface area contributed by atoms with E-state index in [-0.39, 0.29) is 0 Å². The number of thioether (sulfide) groups is 2. The van der Waals surface area contributed by atoms with Crippen LogP contribution in [0.15, 0.2) is 0 Å². The number of halogens is 58. The van der Waals surface area contributed by atoms with Gasteiger partial charge in [-0.15, -0.1) is 0 Å². The number of phosphoric ester groups is 1. The molecule has 0 bridgehead atoms. The average molecular weight is 1720 g/mol. The standard InChI is InChI=1S/C37H17F58O4PS2/c38-10(39,12(42,43)14(46,47)16(50,51)18(54,55)20(58,59)22(62,63)24(66,67)26(70,71)28(74,75)30(78,79)32(82,83)34(86,87)36(90,91)92)1-3-101-7-9(5-98-100(96,97)99-6-9)8-102-4-2-11(40,41)13(44,45)15(48,49)17(52,53)19(56,57)21(60,61)23(64,65)25(68,69)27(72,73)29(76,77)31(80,81)33(84,85)35(88,89)37(93,94)95/h1-8H2,(H,96,97). The van der Waals surface area contributed by atoms with Crippen molar-refractivity contribution in [3.05, 3.63) is 0 Å². The zero-order valence-electron chi connectivity index (χ0n) is 45.0. The molecule has 0 saturated carbocycles. The van der Waals surface area contributed by atoms with Crippen molar-refractivity contribution >= 4 is 31.3 Å². The summed E-state index contributed by atoms with van der Waals surface area (Å²) in [7, 11) is -5.63. The third-order valence-corrected chi connectivity index (χ3v) is 16.8. The number of alkyl halides is 58. The average Bonchev–Trinajstić information content (AvgIpc) is 0.685. The molecule has 0 spiro atoms. The van der Waals surface area contributed by atoms with Crippen LogP contribution in [0.3, 0.4) is 0 Å². The Labute approximate surface area is 525 Å². The van der Waals surface area contributed by atoms with Gasteiger partial charge in [-0.1, -0.05) is 0 Å². The summed E-state index contributed by atoms with van der Waals surface area (Å²) < 4.78 is 826. The van der Waals surface area contributed by atoms with Gasteiger partial charge in [0.15, 0.2) is 0 Å². The summed E-state index contributed by atoms with van der Waals surface area (Å²) in [6.45, 7) is -3.76. The zero-order valence-corrected chi connectivity index (χ0v) is 47.5. The first-order valence-electron chi connectivity index (χ1n) is 23.1. The molecule has 1 heterocycles. The fourth-order valence-corrected chi connectivity index (χ4v) is 10.3. The molecule has 0 aromatic carbocycles. The summed E-state index contributed by atoms with van der Waals surface area (Å²) in [5.41, 5.74) is -2.94. The molecule has 102 heavy (non-hydrogen) atoms. The van der Waals surface area contributed by atoms with E-state index in [1.54, 1.807) is 0 Å². The Morgan fingerprint density at radius 1 is 0.235 bits per heavy atom. The van der Waals surface area contributed by atoms with E-state index in [4.69, 9.17) is 0 Å². The van der Waals surface area contributed by atoms with Gasteiger partial charge in [0, 0.05) is 29.8 Å². The van der Waals surface area contributed by atoms with Crippen molar-refractivity contribution < 1.29 is 273 Å². The highest BCUT2D eigenvalue weighted by atomic mass is 32.2. The van der Waals surface area contributed by atoms with Crippen LogP contribution in [0.5, 0.6) is 0 Å². The van der Waals surface area contributed by atoms with E-state index in [2.05, 4.69) is 9.05 Å². The Hall–Kier alpha value is -3.25. The van der Waals surface area contributed by atoms with Crippen LogP contribution in [0.25, 0.3) is 0 Å². The number of rotatable bonds is 34. The zero-order chi connectivity index (χ0) is 83.5. The molecule has 0 aliphatic carbocycles. The lowest BCUT2D eigenvalue weighted by atomic mass is 9.83. The summed E-state index contributed by atoms with van der Waals surface area (Å²) in [5, 5.41) is 0. The molecule has 0 aromatic heterocycles. The highest BCUT2D eigenvalue weighted by Gasteiger charge is 3.04. The summed E-state index contributed by atoms with van der Waals surface area (Å²) in [6, 6.07) is 0. The molecule has 1 saturated heterocycles. The van der Waals surface area contributed by atoms with Crippen molar-refractivity contribution in [3.8, 4) is 0 Å². The second-order valence-electron chi connectivity index (χ2n) is 20.3. The van der Waals surface area contributed by atoms with Crippen LogP contribution in [0.4, 0.5) is 255 Å². The van der Waals surface area contributed by atoms with Gasteiger partial charge < -0.3 is 4.89 Å². The topological polar surface area (TPSA) is 55.8 Å². The SMILES string of the molecule is O=P1(O)OCC(CSCCC(F)(F)C(F)(F)C(F)(F)C(F)(F)C(F)(F)C(F)(F)C(F)(F)C(F)(F)C(F)(F)C(F)(F)C(F)(F)C(F)(F)C(F)(F)C(F)(F)F)(CSCCC(F)(F)C(F)(F)C(F)(F)C(F)(F)C(F)(F)C(F)(F)C(F)(F)C(F)(F)C(F)(F)C(F)(F)C(F)(F)C(F)(F)C(F)(F)C(F)(F)F)CO1. The highest BCUT2D eigenvalue weighted by molar-refractivity contribution is 8.00. The summed E-state index contributed by atoms with van der Waals surface area (Å²) in [6.07, 6.45) is -24.3. The van der Waals surface area contributed by atoms with Crippen molar-refractivity contribution in [2.75, 3.05) is 36.2 Å². The fourth-order valence-electron chi connectivity index (χ4n) is 6.78. The smallest absolute Gasteiger partial charge is 0.302 e. The van der Waals surface area contributed by atoms with E-state index < -0.39 is 252 Å². The summed E-state index contributed by atoms with van der Waals surface area (Å²) in [4.78, 5) is 9.32. The lowest BCUT2D eigenvalue weighted by molar-refractivity contribution is -0.487. The lowest BCUT2D eigenvalue weighted by Crippen LogP contribution is -2.79. The van der Waals surface area contributed by atoms with Crippen LogP contribution in [0.2, 0.25) is 0 Å². The van der Waals surface area contributed by atoms with Crippen LogP contribution >= 0.6 is 31.3 Å². The summed E-state index contributed by atoms with van der Waals surface area (Å²) >= 11 is -1.86. The van der Waals surface area contributed by atoms with Crippen molar-refractivity contribution in [1.82, 2.24) is 0 Å². The van der Waals surface area contributed by atoms with Crippen LogP contribution < -0.4 is 0 Å². The minimum absolute atomic E-state index is 0.928. The molecule has 4 nitrogen and oxygen atoms in total. The van der Waals surface area contributed by atoms with E-state index in [1.807, 2.05) is 0 Å². The molecule has 1 aliphatic rings. The predicted molar refractivity (Wildman–Crippen MR) is 209 cm³/mol. The molecule has 1 rings (SSSR count). The van der Waals surface area contributed by atoms with Crippen molar-refractivity contribution in [2.45, 2.75) is 179 Å². The quantitative estimate of drug-likeness (QED) is 0.0394. The number of hydrogen-bond donors (Lipinski definition) is 1. The van der Waals surface area contributed by atoms with Gasteiger partial charge >= 0.3 is 174 Å². The second kappa shape index (κ2) is 25.7. The van der Waals surface area contributed by atoms with Crippen molar-refractivity contribution in [2.24, 2.45) is 5.41 Å². The van der Waals surface area contributed by atoms with Crippen LogP contribution in [0, 0.1) is 5.41 Å². The van der Waals surface area contributed by atoms with Gasteiger partial charge in [0.1, 0.15) is 0 Å². The molecule has 1 N–H and O–H groups in total. The van der Waals surface area contributed by atoms with Gasteiger partial charge in [-0.2, -0.15) is 278 Å². The predicted octanol–water partition coefficient (Wildman–Crippen LogP) is 21.0. The van der Waals surface area contributed by atoms with Gasteiger partial charge in [-0.3, -0.25) is 9.05 Å². The van der Waals surface area contributed by atoms with Gasteiger partial charge in [0.25, 0.3) is 0 Å². The lowest BCUT2D eigenvalue weighted by Gasteiger charge is -2.46. The number of phosphoric acid groups is 1. The first kappa shape index (κ1) is 96.8. The maximum Gasteiger partial charge on any atom is 0.472 e. The third-order valence-electron chi connectivity index (χ3n) is 13.3. The maximum atomic E-state index is 14.6. The highest BCUT2D eigenvalue weighted by Crippen LogP contribution is 2.73. The van der Waals surface area contributed by atoms with Gasteiger partial charge in [-0.25, -0.2) is 4.57 Å². The fraction of sp³-hybridized carbons (Fsp3) is 1.00. The van der Waals surface area contributed by atoms with Crippen molar-refractivity contribution in [1.29, 1.82) is 0 Å². The molecule has 0 radical (unpaired) electrons. The first-order valence-corrected chi connectivity index (χ1v) is 26.9. The van der Waals surface area contributed by atoms with Gasteiger partial charge in [-0.05, 0) is 11.5 Å². The number of hydrogen-bond acceptors (Lipinski definition) is 5. The molecule has 612 valence electrons. The van der Waals surface area contributed by atoms with Crippen LogP contribution in [0.1, 0.15) is 12.8 Å². The molecule has 0 aromatic rings. The Morgan fingerprint density at radius 3 is 0.500 bits per heavy atom. The minimum atomic E-state index is -10.3. The van der Waals surface area contributed by atoms with E-state index >= 15 is 0 Å². The van der Waals surface area contributed by atoms with Gasteiger partial charge in [0.05, 0.1) is 13.2 Å². The molecule has 0 atom stereocenters. The minimum Gasteiger partial charge on any atom is -0.302 e. The van der Waals surface area contributed by atoms with Gasteiger partial charge in [0.2, 0.25) is 0 Å². The normalized spacial score (nSPS) is 18.7. The third kappa shape index (κ3) is 12.8. The molecular formula is C37H17F58O4PS2. The summed E-state index contributed by atoms with van der Waals surface area (Å²) in [5.74, 6) is -260. The Kier molecular flexibility index (Phi) is 24.4. The van der Waals surface area contributed by atoms with E-state index in [0.717, 1.165) is 0 Å². The van der Waals surface area contributed by atoms with E-state index in [9.17, 15) is 264 Å². The Balaban J connectivity index is 3.71.